The van der Waals surface area contributed by atoms with Crippen molar-refractivity contribution < 1.29 is 29.0 Å². The van der Waals surface area contributed by atoms with Crippen LogP contribution in [-0.4, -0.2) is 41.6 Å². The second-order valence-electron chi connectivity index (χ2n) is 7.80. The van der Waals surface area contributed by atoms with Crippen molar-refractivity contribution >= 4 is 17.8 Å². The molecule has 1 fully saturated rings. The van der Waals surface area contributed by atoms with E-state index in [0.29, 0.717) is 17.9 Å². The predicted octanol–water partition coefficient (Wildman–Crippen LogP) is 3.53. The van der Waals surface area contributed by atoms with E-state index in [2.05, 4.69) is 0 Å². The summed E-state index contributed by atoms with van der Waals surface area (Å²) in [5.74, 6) is -2.16. The van der Waals surface area contributed by atoms with Crippen LogP contribution < -0.4 is 4.74 Å². The molecule has 0 aromatic heterocycles. The predicted molar refractivity (Wildman–Crippen MR) is 110 cm³/mol. The maximum Gasteiger partial charge on any atom is 0.318 e. The quantitative estimate of drug-likeness (QED) is 0.685. The lowest BCUT2D eigenvalue weighted by atomic mass is 9.69. The molecule has 0 unspecified atom stereocenters. The number of nitrogens with zero attached hydrogens (tertiary/aromatic N) is 1. The van der Waals surface area contributed by atoms with Crippen LogP contribution >= 0.6 is 0 Å². The maximum absolute atomic E-state index is 13.5. The van der Waals surface area contributed by atoms with Gasteiger partial charge in [-0.2, -0.15) is 0 Å². The van der Waals surface area contributed by atoms with Crippen LogP contribution in [0.3, 0.4) is 0 Å². The van der Waals surface area contributed by atoms with Gasteiger partial charge < -0.3 is 19.5 Å². The molecule has 0 saturated carbocycles. The Morgan fingerprint density at radius 1 is 1.20 bits per heavy atom. The van der Waals surface area contributed by atoms with Crippen molar-refractivity contribution in [1.29, 1.82) is 0 Å². The third-order valence-electron chi connectivity index (χ3n) is 6.04. The van der Waals surface area contributed by atoms with Gasteiger partial charge in [0.05, 0.1) is 32.6 Å². The summed E-state index contributed by atoms with van der Waals surface area (Å²) >= 11 is 0. The van der Waals surface area contributed by atoms with Crippen LogP contribution in [0.2, 0.25) is 0 Å². The average Bonchev–Trinajstić information content (AvgIpc) is 2.90. The molecular formula is C23H29NO6. The molecule has 1 aliphatic heterocycles. The molecule has 1 saturated heterocycles. The number of amides is 1. The molecule has 162 valence electrons. The van der Waals surface area contributed by atoms with Crippen molar-refractivity contribution in [2.45, 2.75) is 52.0 Å². The summed E-state index contributed by atoms with van der Waals surface area (Å²) < 4.78 is 10.6. The minimum atomic E-state index is -1.24. The third kappa shape index (κ3) is 4.06. The van der Waals surface area contributed by atoms with Gasteiger partial charge in [-0.1, -0.05) is 31.1 Å². The van der Waals surface area contributed by atoms with E-state index in [1.165, 1.54) is 0 Å². The number of allylic oxidation sites excluding steroid dienone is 1. The van der Waals surface area contributed by atoms with Gasteiger partial charge in [0.25, 0.3) is 0 Å². The number of likely N-dealkylation sites (tertiary alicyclic amines) is 1. The molecule has 2 atom stereocenters. The van der Waals surface area contributed by atoms with Crippen LogP contribution in [0, 0.1) is 11.3 Å². The number of carboxylic acid groups (broad SMARTS) is 1. The first-order valence-corrected chi connectivity index (χ1v) is 10.5. The second-order valence-corrected chi connectivity index (χ2v) is 7.80. The van der Waals surface area contributed by atoms with Crippen LogP contribution in [0.5, 0.6) is 5.75 Å². The van der Waals surface area contributed by atoms with Crippen LogP contribution in [0.15, 0.2) is 36.0 Å². The topological polar surface area (TPSA) is 93.1 Å². The van der Waals surface area contributed by atoms with Crippen molar-refractivity contribution in [1.82, 2.24) is 4.90 Å². The molecule has 3 rings (SSSR count). The van der Waals surface area contributed by atoms with Gasteiger partial charge in [-0.3, -0.25) is 14.4 Å². The Kier molecular flexibility index (Phi) is 6.80. The number of benzene rings is 1. The Bertz CT molecular complexity index is 831. The lowest BCUT2D eigenvalue weighted by Crippen LogP contribution is -2.41. The lowest BCUT2D eigenvalue weighted by molar-refractivity contribution is -0.159. The van der Waals surface area contributed by atoms with Crippen molar-refractivity contribution in [3.63, 3.8) is 0 Å². The number of ether oxygens (including phenoxy) is 2. The molecular weight excluding hydrogens is 386 g/mol. The van der Waals surface area contributed by atoms with Gasteiger partial charge in [0.1, 0.15) is 11.2 Å². The lowest BCUT2D eigenvalue weighted by Gasteiger charge is -2.34. The molecule has 1 aromatic carbocycles. The maximum atomic E-state index is 13.5. The number of hydrogen-bond acceptors (Lipinski definition) is 5. The SMILES string of the molecule is CCOC(=O)[C@]12CCCCC/C=C\1N(Cc1ccc(OC)cc1)C(=O)[C@@H]2CC(=O)O. The highest BCUT2D eigenvalue weighted by Crippen LogP contribution is 2.53. The fraction of sp³-hybridized carbons (Fsp3) is 0.522. The average molecular weight is 415 g/mol. The Hall–Kier alpha value is -2.83. The molecule has 0 radical (unpaired) electrons. The number of rotatable bonds is 7. The van der Waals surface area contributed by atoms with Gasteiger partial charge in [0.15, 0.2) is 0 Å². The van der Waals surface area contributed by atoms with Gasteiger partial charge in [-0.25, -0.2) is 0 Å². The van der Waals surface area contributed by atoms with E-state index in [1.807, 2.05) is 30.3 Å². The molecule has 7 nitrogen and oxygen atoms in total. The molecule has 0 spiro atoms. The fourth-order valence-corrected chi connectivity index (χ4v) is 4.62. The number of fused-ring (bicyclic) bond motifs is 1. The molecule has 1 amide bonds. The zero-order valence-corrected chi connectivity index (χ0v) is 17.6. The largest absolute Gasteiger partial charge is 0.497 e. The Labute approximate surface area is 176 Å². The molecule has 1 N–H and O–H groups in total. The highest BCUT2D eigenvalue weighted by molar-refractivity contribution is 5.98. The summed E-state index contributed by atoms with van der Waals surface area (Å²) in [4.78, 5) is 39.9. The summed E-state index contributed by atoms with van der Waals surface area (Å²) in [6.07, 6.45) is 5.35. The summed E-state index contributed by atoms with van der Waals surface area (Å²) in [6.45, 7) is 2.17. The van der Waals surface area contributed by atoms with Gasteiger partial charge in [0.2, 0.25) is 5.91 Å². The normalized spacial score (nSPS) is 25.5. The molecule has 2 aliphatic rings. The third-order valence-corrected chi connectivity index (χ3v) is 6.04. The fourth-order valence-electron chi connectivity index (χ4n) is 4.62. The van der Waals surface area contributed by atoms with Crippen molar-refractivity contribution in [3.8, 4) is 5.75 Å². The molecule has 30 heavy (non-hydrogen) atoms. The Morgan fingerprint density at radius 3 is 2.57 bits per heavy atom. The zero-order valence-electron chi connectivity index (χ0n) is 17.6. The molecule has 0 bridgehead atoms. The number of carbonyl (C=O) groups is 3. The second kappa shape index (κ2) is 9.32. The van der Waals surface area contributed by atoms with E-state index < -0.39 is 29.7 Å². The van der Waals surface area contributed by atoms with E-state index in [4.69, 9.17) is 9.47 Å². The van der Waals surface area contributed by atoms with E-state index in [-0.39, 0.29) is 19.1 Å². The minimum absolute atomic E-state index is 0.181. The van der Waals surface area contributed by atoms with E-state index >= 15 is 0 Å². The molecule has 1 aliphatic carbocycles. The Balaban J connectivity index is 2.06. The van der Waals surface area contributed by atoms with E-state index in [9.17, 15) is 19.5 Å². The van der Waals surface area contributed by atoms with Crippen LogP contribution in [0.25, 0.3) is 0 Å². The number of carbonyl (C=O) groups excluding carboxylic acids is 2. The first kappa shape index (κ1) is 21.9. The van der Waals surface area contributed by atoms with Crippen LogP contribution in [-0.2, 0) is 25.7 Å². The van der Waals surface area contributed by atoms with Crippen LogP contribution in [0.1, 0.15) is 51.0 Å². The van der Waals surface area contributed by atoms with Gasteiger partial charge in [0, 0.05) is 5.70 Å². The van der Waals surface area contributed by atoms with Crippen molar-refractivity contribution in [3.05, 3.63) is 41.6 Å². The first-order chi connectivity index (χ1) is 14.4. The monoisotopic (exact) mass is 415 g/mol. The highest BCUT2D eigenvalue weighted by atomic mass is 16.5. The minimum Gasteiger partial charge on any atom is -0.497 e. The summed E-state index contributed by atoms with van der Waals surface area (Å²) in [5.41, 5.74) is 0.242. The number of esters is 1. The highest BCUT2D eigenvalue weighted by Gasteiger charge is 2.61. The van der Waals surface area contributed by atoms with Crippen LogP contribution in [0.4, 0.5) is 0 Å². The van der Waals surface area contributed by atoms with Crippen molar-refractivity contribution in [2.75, 3.05) is 13.7 Å². The standard InChI is InChI=1S/C23H29NO6/c1-3-30-22(28)23-13-7-5-4-6-8-19(23)24(21(27)18(23)14-20(25)26)15-16-9-11-17(29-2)12-10-16/h8-12,18H,3-7,13-15H2,1-2H3,(H,25,26)/b19-8+/t18-,23-/m0/s1. The number of aliphatic carboxylic acids is 1. The number of carboxylic acids is 1. The summed E-state index contributed by atoms with van der Waals surface area (Å²) in [7, 11) is 1.59. The van der Waals surface area contributed by atoms with E-state index in [1.54, 1.807) is 18.9 Å². The Morgan fingerprint density at radius 2 is 1.93 bits per heavy atom. The molecule has 1 heterocycles. The van der Waals surface area contributed by atoms with E-state index in [0.717, 1.165) is 31.2 Å². The summed E-state index contributed by atoms with van der Waals surface area (Å²) in [6, 6.07) is 7.36. The zero-order chi connectivity index (χ0) is 21.7. The molecule has 7 heteroatoms. The first-order valence-electron chi connectivity index (χ1n) is 10.5. The number of methoxy groups -OCH3 is 1. The van der Waals surface area contributed by atoms with Crippen molar-refractivity contribution in [2.24, 2.45) is 11.3 Å². The van der Waals surface area contributed by atoms with Gasteiger partial charge in [-0.15, -0.1) is 0 Å². The molecule has 1 aromatic rings. The number of hydrogen-bond donors (Lipinski definition) is 1. The van der Waals surface area contributed by atoms with Gasteiger partial charge in [-0.05, 0) is 43.9 Å². The van der Waals surface area contributed by atoms with Gasteiger partial charge >= 0.3 is 11.9 Å². The summed E-state index contributed by atoms with van der Waals surface area (Å²) in [5, 5.41) is 9.51. The smallest absolute Gasteiger partial charge is 0.318 e.